The van der Waals surface area contributed by atoms with Gasteiger partial charge in [-0.05, 0) is 56.9 Å². The number of carbonyl (C=O) groups excluding carboxylic acids is 3. The van der Waals surface area contributed by atoms with Crippen molar-refractivity contribution in [2.75, 3.05) is 31.5 Å². The number of piperidine rings is 2. The summed E-state index contributed by atoms with van der Waals surface area (Å²) in [7, 11) is 0. The Balaban J connectivity index is 1.29. The van der Waals surface area contributed by atoms with Crippen LogP contribution in [0.25, 0.3) is 0 Å². The lowest BCUT2D eigenvalue weighted by Crippen LogP contribution is -2.49. The molecule has 0 spiro atoms. The van der Waals surface area contributed by atoms with E-state index in [1.54, 1.807) is 29.2 Å². The summed E-state index contributed by atoms with van der Waals surface area (Å²) in [4.78, 5) is 46.4. The zero-order valence-electron chi connectivity index (χ0n) is 18.1. The minimum absolute atomic E-state index is 0.0242. The van der Waals surface area contributed by atoms with Gasteiger partial charge in [0.1, 0.15) is 0 Å². The highest BCUT2D eigenvalue weighted by molar-refractivity contribution is 7.13. The Morgan fingerprint density at radius 2 is 1.75 bits per heavy atom. The maximum absolute atomic E-state index is 13.1. The van der Waals surface area contributed by atoms with Gasteiger partial charge in [0.25, 0.3) is 5.91 Å². The van der Waals surface area contributed by atoms with Gasteiger partial charge in [-0.25, -0.2) is 4.98 Å². The maximum atomic E-state index is 13.1. The number of likely N-dealkylation sites (tertiary alicyclic amines) is 2. The Morgan fingerprint density at radius 1 is 1.03 bits per heavy atom. The molecule has 2 aromatic rings. The van der Waals surface area contributed by atoms with E-state index in [-0.39, 0.29) is 29.6 Å². The third kappa shape index (κ3) is 5.30. The summed E-state index contributed by atoms with van der Waals surface area (Å²) in [6.45, 7) is 4.12. The Bertz CT molecular complexity index is 985. The molecule has 3 heterocycles. The van der Waals surface area contributed by atoms with Crippen molar-refractivity contribution < 1.29 is 14.4 Å². The van der Waals surface area contributed by atoms with Crippen LogP contribution in [0.2, 0.25) is 5.02 Å². The topological polar surface area (TPSA) is 82.6 Å². The van der Waals surface area contributed by atoms with Gasteiger partial charge in [0, 0.05) is 48.1 Å². The van der Waals surface area contributed by atoms with Crippen LogP contribution in [0.5, 0.6) is 0 Å². The third-order valence-corrected chi connectivity index (χ3v) is 7.30. The number of carbonyl (C=O) groups is 3. The molecule has 7 nitrogen and oxygen atoms in total. The Kier molecular flexibility index (Phi) is 7.10. The molecule has 9 heteroatoms. The monoisotopic (exact) mass is 474 g/mol. The van der Waals surface area contributed by atoms with Crippen molar-refractivity contribution in [3.63, 3.8) is 0 Å². The molecule has 2 fully saturated rings. The van der Waals surface area contributed by atoms with Crippen LogP contribution >= 0.6 is 22.9 Å². The largest absolute Gasteiger partial charge is 0.342 e. The number of nitrogens with zero attached hydrogens (tertiary/aromatic N) is 3. The molecule has 4 rings (SSSR count). The second-order valence-electron chi connectivity index (χ2n) is 8.48. The van der Waals surface area contributed by atoms with Crippen LogP contribution in [0.1, 0.15) is 41.7 Å². The van der Waals surface area contributed by atoms with Crippen molar-refractivity contribution in [1.82, 2.24) is 14.8 Å². The summed E-state index contributed by atoms with van der Waals surface area (Å²) in [6, 6.07) is 6.85. The molecule has 3 amide bonds. The number of hydrogen-bond donors (Lipinski definition) is 1. The van der Waals surface area contributed by atoms with Gasteiger partial charge in [-0.3, -0.25) is 14.4 Å². The molecule has 2 saturated heterocycles. The standard InChI is InChI=1S/C23H27ClN4O3S/c1-15-14-32-23(25-15)26-20(29)16-8-11-27(12-9-16)22(31)18-3-2-10-28(13-18)21(30)17-4-6-19(24)7-5-17/h4-7,14,16,18H,2-3,8-13H2,1H3,(H,25,26,29). The van der Waals surface area contributed by atoms with E-state index >= 15 is 0 Å². The van der Waals surface area contributed by atoms with Crippen molar-refractivity contribution in [3.05, 3.63) is 45.9 Å². The van der Waals surface area contributed by atoms with Crippen LogP contribution in [0.3, 0.4) is 0 Å². The number of amides is 3. The van der Waals surface area contributed by atoms with Crippen LogP contribution in [0.15, 0.2) is 29.6 Å². The summed E-state index contributed by atoms with van der Waals surface area (Å²) in [5.74, 6) is -0.301. The summed E-state index contributed by atoms with van der Waals surface area (Å²) in [6.07, 6.45) is 2.87. The van der Waals surface area contributed by atoms with Crippen molar-refractivity contribution in [3.8, 4) is 0 Å². The smallest absolute Gasteiger partial charge is 0.253 e. The van der Waals surface area contributed by atoms with Crippen LogP contribution in [-0.4, -0.2) is 58.7 Å². The van der Waals surface area contributed by atoms with Crippen LogP contribution < -0.4 is 5.32 Å². The number of hydrogen-bond acceptors (Lipinski definition) is 5. The molecule has 2 aliphatic heterocycles. The molecular weight excluding hydrogens is 448 g/mol. The van der Waals surface area contributed by atoms with E-state index in [2.05, 4.69) is 10.3 Å². The molecule has 1 aromatic heterocycles. The molecular formula is C23H27ClN4O3S. The highest BCUT2D eigenvalue weighted by atomic mass is 35.5. The average molecular weight is 475 g/mol. The SMILES string of the molecule is Cc1csc(NC(=O)C2CCN(C(=O)C3CCCN(C(=O)c4ccc(Cl)cc4)C3)CC2)n1. The van der Waals surface area contributed by atoms with Crippen LogP contribution in [0, 0.1) is 18.8 Å². The van der Waals surface area contributed by atoms with E-state index in [0.29, 0.717) is 54.7 Å². The lowest BCUT2D eigenvalue weighted by molar-refractivity contribution is -0.139. The van der Waals surface area contributed by atoms with Gasteiger partial charge < -0.3 is 15.1 Å². The number of halogens is 1. The summed E-state index contributed by atoms with van der Waals surface area (Å²) in [5.41, 5.74) is 1.48. The normalized spacial score (nSPS) is 19.6. The predicted molar refractivity (Wildman–Crippen MR) is 125 cm³/mol. The van der Waals surface area contributed by atoms with Crippen molar-refractivity contribution >= 4 is 45.8 Å². The predicted octanol–water partition coefficient (Wildman–Crippen LogP) is 3.83. The quantitative estimate of drug-likeness (QED) is 0.729. The highest BCUT2D eigenvalue weighted by Crippen LogP contribution is 2.26. The fourth-order valence-corrected chi connectivity index (χ4v) is 5.19. The summed E-state index contributed by atoms with van der Waals surface area (Å²) in [5, 5.41) is 6.01. The first-order chi connectivity index (χ1) is 15.4. The van der Waals surface area contributed by atoms with Crippen LogP contribution in [-0.2, 0) is 9.59 Å². The van der Waals surface area contributed by atoms with Gasteiger partial charge in [0.05, 0.1) is 11.6 Å². The molecule has 0 bridgehead atoms. The van der Waals surface area contributed by atoms with E-state index in [0.717, 1.165) is 18.5 Å². The molecule has 2 aliphatic rings. The van der Waals surface area contributed by atoms with E-state index in [1.807, 2.05) is 17.2 Å². The second-order valence-corrected chi connectivity index (χ2v) is 9.77. The second kappa shape index (κ2) is 10.0. The van der Waals surface area contributed by atoms with E-state index < -0.39 is 0 Å². The third-order valence-electron chi connectivity index (χ3n) is 6.18. The van der Waals surface area contributed by atoms with Gasteiger partial charge >= 0.3 is 0 Å². The Morgan fingerprint density at radius 3 is 2.41 bits per heavy atom. The zero-order valence-corrected chi connectivity index (χ0v) is 19.6. The number of aryl methyl sites for hydroxylation is 1. The lowest BCUT2D eigenvalue weighted by atomic mass is 9.92. The lowest BCUT2D eigenvalue weighted by Gasteiger charge is -2.37. The van der Waals surface area contributed by atoms with Gasteiger partial charge in [0.15, 0.2) is 5.13 Å². The fourth-order valence-electron chi connectivity index (χ4n) is 4.38. The van der Waals surface area contributed by atoms with E-state index in [4.69, 9.17) is 11.6 Å². The number of thiazole rings is 1. The average Bonchev–Trinajstić information content (AvgIpc) is 3.23. The van der Waals surface area contributed by atoms with E-state index in [1.165, 1.54) is 11.3 Å². The summed E-state index contributed by atoms with van der Waals surface area (Å²) >= 11 is 7.34. The molecule has 1 N–H and O–H groups in total. The molecule has 1 unspecified atom stereocenters. The highest BCUT2D eigenvalue weighted by Gasteiger charge is 2.34. The molecule has 0 aliphatic carbocycles. The number of rotatable bonds is 4. The van der Waals surface area contributed by atoms with Gasteiger partial charge in [-0.2, -0.15) is 0 Å². The molecule has 1 aromatic carbocycles. The molecule has 0 radical (unpaired) electrons. The van der Waals surface area contributed by atoms with Crippen molar-refractivity contribution in [2.45, 2.75) is 32.6 Å². The van der Waals surface area contributed by atoms with Gasteiger partial charge in [-0.1, -0.05) is 11.6 Å². The number of benzene rings is 1. The molecule has 0 saturated carbocycles. The molecule has 170 valence electrons. The Labute approximate surface area is 196 Å². The number of nitrogens with one attached hydrogen (secondary N) is 1. The maximum Gasteiger partial charge on any atom is 0.253 e. The van der Waals surface area contributed by atoms with Crippen molar-refractivity contribution in [2.24, 2.45) is 11.8 Å². The van der Waals surface area contributed by atoms with Gasteiger partial charge in [0.2, 0.25) is 11.8 Å². The van der Waals surface area contributed by atoms with Crippen LogP contribution in [0.4, 0.5) is 5.13 Å². The minimum atomic E-state index is -0.191. The van der Waals surface area contributed by atoms with E-state index in [9.17, 15) is 14.4 Å². The summed E-state index contributed by atoms with van der Waals surface area (Å²) < 4.78 is 0. The first-order valence-electron chi connectivity index (χ1n) is 11.0. The van der Waals surface area contributed by atoms with Crippen molar-refractivity contribution in [1.29, 1.82) is 0 Å². The molecule has 1 atom stereocenters. The first-order valence-corrected chi connectivity index (χ1v) is 12.2. The molecule has 32 heavy (non-hydrogen) atoms. The minimum Gasteiger partial charge on any atom is -0.342 e. The number of anilines is 1. The zero-order chi connectivity index (χ0) is 22.7. The number of aromatic nitrogens is 1. The Hall–Kier alpha value is -2.45. The van der Waals surface area contributed by atoms with Gasteiger partial charge in [-0.15, -0.1) is 11.3 Å². The first kappa shape index (κ1) is 22.7. The fraction of sp³-hybridized carbons (Fsp3) is 0.478.